The molecule has 1 aromatic rings. The molecule has 130 valence electrons. The molecule has 0 aliphatic rings. The summed E-state index contributed by atoms with van der Waals surface area (Å²) >= 11 is 0. The van der Waals surface area contributed by atoms with Gasteiger partial charge in [0.05, 0.1) is 6.04 Å². The zero-order chi connectivity index (χ0) is 17.2. The number of carbonyl (C=O) groups is 1. The number of benzene rings is 1. The minimum Gasteiger partial charge on any atom is -0.349 e. The van der Waals surface area contributed by atoms with Crippen LogP contribution in [0, 0.1) is 11.7 Å². The third-order valence-corrected chi connectivity index (χ3v) is 4.22. The zero-order valence-corrected chi connectivity index (χ0v) is 14.9. The van der Waals surface area contributed by atoms with Crippen molar-refractivity contribution in [2.24, 2.45) is 5.92 Å². The lowest BCUT2D eigenvalue weighted by molar-refractivity contribution is -0.126. The lowest BCUT2D eigenvalue weighted by Crippen LogP contribution is -2.35. The second kappa shape index (κ2) is 10.4. The molecule has 4 heteroatoms. The Balaban J connectivity index is 2.78. The van der Waals surface area contributed by atoms with Crippen LogP contribution in [-0.4, -0.2) is 31.4 Å². The molecule has 0 spiro atoms. The largest absolute Gasteiger partial charge is 0.349 e. The van der Waals surface area contributed by atoms with E-state index in [1.54, 1.807) is 12.1 Å². The first kappa shape index (κ1) is 19.6. The van der Waals surface area contributed by atoms with Crippen LogP contribution >= 0.6 is 0 Å². The first-order valence-corrected chi connectivity index (χ1v) is 8.68. The molecular weight excluding hydrogens is 291 g/mol. The van der Waals surface area contributed by atoms with E-state index < -0.39 is 0 Å². The Morgan fingerprint density at radius 3 is 2.35 bits per heavy atom. The maximum absolute atomic E-state index is 13.2. The number of rotatable bonds is 10. The molecule has 1 N–H and O–H groups in total. The predicted octanol–water partition coefficient (Wildman–Crippen LogP) is 4.15. The van der Waals surface area contributed by atoms with Gasteiger partial charge in [-0.05, 0) is 57.6 Å². The van der Waals surface area contributed by atoms with E-state index in [0.717, 1.165) is 44.2 Å². The third-order valence-electron chi connectivity index (χ3n) is 4.22. The van der Waals surface area contributed by atoms with E-state index in [0.29, 0.717) is 0 Å². The van der Waals surface area contributed by atoms with Crippen molar-refractivity contribution in [1.82, 2.24) is 10.2 Å². The Kier molecular flexibility index (Phi) is 8.85. The van der Waals surface area contributed by atoms with Gasteiger partial charge in [-0.2, -0.15) is 0 Å². The minimum absolute atomic E-state index is 0.0669. The van der Waals surface area contributed by atoms with Gasteiger partial charge >= 0.3 is 0 Å². The molecule has 0 aromatic heterocycles. The Labute approximate surface area is 140 Å². The quantitative estimate of drug-likeness (QED) is 0.702. The van der Waals surface area contributed by atoms with Crippen molar-refractivity contribution in [3.63, 3.8) is 0 Å². The third kappa shape index (κ3) is 7.12. The molecule has 0 bridgehead atoms. The average Bonchev–Trinajstić information content (AvgIpc) is 2.52. The zero-order valence-electron chi connectivity index (χ0n) is 14.9. The Bertz CT molecular complexity index is 459. The van der Waals surface area contributed by atoms with Crippen molar-refractivity contribution in [2.75, 3.05) is 20.6 Å². The summed E-state index contributed by atoms with van der Waals surface area (Å²) < 4.78 is 13.2. The van der Waals surface area contributed by atoms with Crippen LogP contribution in [0.25, 0.3) is 0 Å². The summed E-state index contributed by atoms with van der Waals surface area (Å²) in [6, 6.07) is 6.38. The molecule has 2 unspecified atom stereocenters. The number of nitrogens with zero attached hydrogens (tertiary/aromatic N) is 1. The molecule has 3 nitrogen and oxygen atoms in total. The summed E-state index contributed by atoms with van der Waals surface area (Å²) in [6.07, 6.45) is 4.78. The SMILES string of the molecule is CCCCC(CC)C(=O)NC(CCN(C)C)c1ccc(F)cc1. The second-order valence-electron chi connectivity index (χ2n) is 6.45. The van der Waals surface area contributed by atoms with E-state index in [1.807, 2.05) is 14.1 Å². The van der Waals surface area contributed by atoms with Crippen molar-refractivity contribution >= 4 is 5.91 Å². The van der Waals surface area contributed by atoms with Crippen LogP contribution < -0.4 is 5.32 Å². The first-order chi connectivity index (χ1) is 11.0. The topological polar surface area (TPSA) is 32.3 Å². The van der Waals surface area contributed by atoms with Crippen LogP contribution in [0.4, 0.5) is 4.39 Å². The number of hydrogen-bond donors (Lipinski definition) is 1. The van der Waals surface area contributed by atoms with Crippen molar-refractivity contribution in [2.45, 2.75) is 52.0 Å². The van der Waals surface area contributed by atoms with Crippen molar-refractivity contribution in [1.29, 1.82) is 0 Å². The molecule has 0 radical (unpaired) electrons. The Morgan fingerprint density at radius 1 is 1.17 bits per heavy atom. The average molecular weight is 322 g/mol. The normalized spacial score (nSPS) is 13.8. The highest BCUT2D eigenvalue weighted by Gasteiger charge is 2.20. The molecule has 0 aliphatic carbocycles. The lowest BCUT2D eigenvalue weighted by Gasteiger charge is -2.24. The van der Waals surface area contributed by atoms with Gasteiger partial charge in [0.1, 0.15) is 5.82 Å². The molecular formula is C19H31FN2O. The van der Waals surface area contributed by atoms with Crippen LogP contribution in [0.2, 0.25) is 0 Å². The molecule has 0 aliphatic heterocycles. The van der Waals surface area contributed by atoms with Gasteiger partial charge in [-0.3, -0.25) is 4.79 Å². The molecule has 1 aromatic carbocycles. The monoisotopic (exact) mass is 322 g/mol. The molecule has 0 fully saturated rings. The standard InChI is InChI=1S/C19H31FN2O/c1-5-7-8-15(6-2)19(23)21-18(13-14-22(3)4)16-9-11-17(20)12-10-16/h9-12,15,18H,5-8,13-14H2,1-4H3,(H,21,23). The maximum Gasteiger partial charge on any atom is 0.223 e. The summed E-state index contributed by atoms with van der Waals surface area (Å²) in [5, 5.41) is 3.18. The van der Waals surface area contributed by atoms with E-state index in [4.69, 9.17) is 0 Å². The summed E-state index contributed by atoms with van der Waals surface area (Å²) in [5.74, 6) is -0.0629. The van der Waals surface area contributed by atoms with Gasteiger partial charge in [-0.15, -0.1) is 0 Å². The summed E-state index contributed by atoms with van der Waals surface area (Å²) in [4.78, 5) is 14.7. The second-order valence-corrected chi connectivity index (χ2v) is 6.45. The van der Waals surface area contributed by atoms with Gasteiger partial charge in [0.2, 0.25) is 5.91 Å². The maximum atomic E-state index is 13.2. The molecule has 0 saturated heterocycles. The van der Waals surface area contributed by atoms with Crippen molar-refractivity contribution in [3.05, 3.63) is 35.6 Å². The van der Waals surface area contributed by atoms with Crippen molar-refractivity contribution in [3.8, 4) is 0 Å². The summed E-state index contributed by atoms with van der Waals surface area (Å²) in [7, 11) is 4.03. The van der Waals surface area contributed by atoms with Crippen molar-refractivity contribution < 1.29 is 9.18 Å². The molecule has 0 saturated carbocycles. The van der Waals surface area contributed by atoms with Gasteiger partial charge in [0, 0.05) is 5.92 Å². The van der Waals surface area contributed by atoms with Gasteiger partial charge < -0.3 is 10.2 Å². The fourth-order valence-electron chi connectivity index (χ4n) is 2.67. The van der Waals surface area contributed by atoms with Gasteiger partial charge in [0.25, 0.3) is 0 Å². The number of halogens is 1. The highest BCUT2D eigenvalue weighted by molar-refractivity contribution is 5.79. The van der Waals surface area contributed by atoms with E-state index in [-0.39, 0.29) is 23.7 Å². The molecule has 23 heavy (non-hydrogen) atoms. The van der Waals surface area contributed by atoms with Crippen LogP contribution in [0.5, 0.6) is 0 Å². The van der Waals surface area contributed by atoms with Crippen LogP contribution in [0.15, 0.2) is 24.3 Å². The number of hydrogen-bond acceptors (Lipinski definition) is 2. The molecule has 1 amide bonds. The molecule has 2 atom stereocenters. The van der Waals surface area contributed by atoms with E-state index in [2.05, 4.69) is 24.1 Å². The number of carbonyl (C=O) groups excluding carboxylic acids is 1. The smallest absolute Gasteiger partial charge is 0.223 e. The fourth-order valence-corrected chi connectivity index (χ4v) is 2.67. The van der Waals surface area contributed by atoms with Gasteiger partial charge in [0.15, 0.2) is 0 Å². The molecule has 1 rings (SSSR count). The van der Waals surface area contributed by atoms with E-state index >= 15 is 0 Å². The van der Waals surface area contributed by atoms with Gasteiger partial charge in [-0.25, -0.2) is 4.39 Å². The van der Waals surface area contributed by atoms with E-state index in [9.17, 15) is 9.18 Å². The Morgan fingerprint density at radius 2 is 1.83 bits per heavy atom. The van der Waals surface area contributed by atoms with E-state index in [1.165, 1.54) is 12.1 Å². The minimum atomic E-state index is -0.249. The summed E-state index contributed by atoms with van der Waals surface area (Å²) in [6.45, 7) is 5.07. The molecule has 0 heterocycles. The van der Waals surface area contributed by atoms with Crippen LogP contribution in [0.1, 0.15) is 57.6 Å². The fraction of sp³-hybridized carbons (Fsp3) is 0.632. The summed E-state index contributed by atoms with van der Waals surface area (Å²) in [5.41, 5.74) is 0.965. The van der Waals surface area contributed by atoms with Crippen LogP contribution in [0.3, 0.4) is 0 Å². The Hall–Kier alpha value is -1.42. The van der Waals surface area contributed by atoms with Crippen LogP contribution in [-0.2, 0) is 4.79 Å². The first-order valence-electron chi connectivity index (χ1n) is 8.68. The highest BCUT2D eigenvalue weighted by atomic mass is 19.1. The lowest BCUT2D eigenvalue weighted by atomic mass is 9.96. The highest BCUT2D eigenvalue weighted by Crippen LogP contribution is 2.20. The predicted molar refractivity (Wildman–Crippen MR) is 93.8 cm³/mol. The number of nitrogens with one attached hydrogen (secondary N) is 1. The number of amides is 1. The number of unbranched alkanes of at least 4 members (excludes halogenated alkanes) is 1. The van der Waals surface area contributed by atoms with Gasteiger partial charge in [-0.1, -0.05) is 38.8 Å².